The van der Waals surface area contributed by atoms with E-state index in [2.05, 4.69) is 225 Å². The molecule has 2 aliphatic rings. The van der Waals surface area contributed by atoms with Crippen LogP contribution in [0.5, 0.6) is 0 Å². The van der Waals surface area contributed by atoms with Crippen molar-refractivity contribution in [1.82, 2.24) is 0 Å². The van der Waals surface area contributed by atoms with Crippen LogP contribution in [0.4, 0.5) is 28.4 Å². The molecule has 11 aromatic rings. The van der Waals surface area contributed by atoms with Crippen LogP contribution in [0.3, 0.4) is 0 Å². The van der Waals surface area contributed by atoms with Crippen LogP contribution >= 0.6 is 11.3 Å². The van der Waals surface area contributed by atoms with E-state index in [1.165, 1.54) is 87.1 Å². The average Bonchev–Trinajstić information content (AvgIpc) is 3.90. The van der Waals surface area contributed by atoms with Crippen LogP contribution in [-0.2, 0) is 10.8 Å². The summed E-state index contributed by atoms with van der Waals surface area (Å²) in [4.78, 5) is 2.61. The average molecular weight is 839 g/mol. The van der Waals surface area contributed by atoms with Gasteiger partial charge in [-0.25, -0.2) is 0 Å². The fourth-order valence-electron chi connectivity index (χ4n) is 11.1. The number of nitrogens with zero attached hydrogens (tertiary/aromatic N) is 1. The molecule has 64 heavy (non-hydrogen) atoms. The molecule has 9 aromatic carbocycles. The highest BCUT2D eigenvalue weighted by Crippen LogP contribution is 2.59. The van der Waals surface area contributed by atoms with Crippen molar-refractivity contribution in [2.24, 2.45) is 0 Å². The topological polar surface area (TPSA) is 28.4 Å². The van der Waals surface area contributed by atoms with Crippen LogP contribution < -0.4 is 21.1 Å². The Morgan fingerprint density at radius 1 is 0.578 bits per heavy atom. The molecule has 2 aromatic heterocycles. The van der Waals surface area contributed by atoms with E-state index in [1.807, 2.05) is 11.3 Å². The first-order valence-electron chi connectivity index (χ1n) is 22.3. The molecular formula is C59H43BN2OS. The van der Waals surface area contributed by atoms with E-state index in [-0.39, 0.29) is 5.41 Å². The second-order valence-electron chi connectivity index (χ2n) is 18.5. The lowest BCUT2D eigenvalue weighted by atomic mass is 9.54. The Morgan fingerprint density at radius 2 is 1.25 bits per heavy atom. The van der Waals surface area contributed by atoms with Crippen LogP contribution in [0.25, 0.3) is 53.2 Å². The smallest absolute Gasteiger partial charge is 0.198 e. The Balaban J connectivity index is 1.15. The van der Waals surface area contributed by atoms with Crippen LogP contribution in [-0.4, -0.2) is 7.28 Å². The summed E-state index contributed by atoms with van der Waals surface area (Å²) in [6, 6.07) is 71.8. The molecule has 0 unspecified atom stereocenters. The number of furan rings is 1. The number of thiophene rings is 1. The minimum absolute atomic E-state index is 0.0613. The summed E-state index contributed by atoms with van der Waals surface area (Å²) in [5, 5.41) is 8.77. The zero-order valence-electron chi connectivity index (χ0n) is 35.9. The lowest BCUT2D eigenvalue weighted by molar-refractivity contribution is 0.590. The number of anilines is 5. The monoisotopic (exact) mass is 838 g/mol. The summed E-state index contributed by atoms with van der Waals surface area (Å²) in [5.74, 6) is 0. The summed E-state index contributed by atoms with van der Waals surface area (Å²) in [6.07, 6.45) is 0. The Morgan fingerprint density at radius 3 is 2.02 bits per heavy atom. The van der Waals surface area contributed by atoms with Gasteiger partial charge in [0.2, 0.25) is 0 Å². The van der Waals surface area contributed by atoms with Crippen molar-refractivity contribution < 1.29 is 4.42 Å². The highest BCUT2D eigenvalue weighted by molar-refractivity contribution is 7.26. The summed E-state index contributed by atoms with van der Waals surface area (Å²) in [5.41, 5.74) is 18.4. The molecule has 13 rings (SSSR count). The number of rotatable bonds is 5. The van der Waals surface area contributed by atoms with Gasteiger partial charge in [0.15, 0.2) is 7.28 Å². The van der Waals surface area contributed by atoms with Gasteiger partial charge in [0, 0.05) is 48.2 Å². The Labute approximate surface area is 377 Å². The molecule has 0 aliphatic carbocycles. The number of fused-ring (bicyclic) bond motifs is 11. The minimum Gasteiger partial charge on any atom is -0.456 e. The van der Waals surface area contributed by atoms with Gasteiger partial charge in [0.1, 0.15) is 11.2 Å². The first kappa shape index (κ1) is 37.2. The van der Waals surface area contributed by atoms with E-state index < -0.39 is 5.41 Å². The molecular weight excluding hydrogens is 796 g/mol. The number of hydrogen-bond donors (Lipinski definition) is 1. The number of benzene rings is 9. The maximum absolute atomic E-state index is 7.01. The van der Waals surface area contributed by atoms with Gasteiger partial charge >= 0.3 is 0 Å². The Hall–Kier alpha value is -7.34. The van der Waals surface area contributed by atoms with Crippen molar-refractivity contribution >= 4 is 100 Å². The molecule has 4 heterocycles. The van der Waals surface area contributed by atoms with Gasteiger partial charge in [0.25, 0.3) is 0 Å². The summed E-state index contributed by atoms with van der Waals surface area (Å²) in [7, 11) is 0.753. The minimum atomic E-state index is -0.560. The molecule has 0 bridgehead atoms. The van der Waals surface area contributed by atoms with Crippen molar-refractivity contribution in [1.29, 1.82) is 0 Å². The summed E-state index contributed by atoms with van der Waals surface area (Å²) in [6.45, 7) is 6.81. The third kappa shape index (κ3) is 5.28. The zero-order valence-corrected chi connectivity index (χ0v) is 36.8. The predicted octanol–water partition coefficient (Wildman–Crippen LogP) is 14.5. The van der Waals surface area contributed by atoms with Crippen LogP contribution in [0, 0.1) is 0 Å². The summed E-state index contributed by atoms with van der Waals surface area (Å²) >= 11 is 1.88. The molecule has 5 heteroatoms. The molecule has 0 saturated heterocycles. The SMILES string of the molecule is CC(C)(C)c1ccc(Nc2ccc3c(sc4ccccc43)c2-c2cc3oc4ccccc4c3c3c2Bc2cccc4c2N3c2ccccc2C4(c2ccccc2)c2ccccc2)cc1. The molecule has 0 radical (unpaired) electrons. The first-order valence-corrected chi connectivity index (χ1v) is 23.1. The molecule has 0 amide bonds. The number of hydrogen-bond acceptors (Lipinski definition) is 4. The lowest BCUT2D eigenvalue weighted by Crippen LogP contribution is -2.47. The first-order chi connectivity index (χ1) is 31.4. The molecule has 0 saturated carbocycles. The summed E-state index contributed by atoms with van der Waals surface area (Å²) < 4.78 is 9.55. The third-order valence-electron chi connectivity index (χ3n) is 13.9. The van der Waals surface area contributed by atoms with Crippen molar-refractivity contribution in [3.8, 4) is 11.1 Å². The largest absolute Gasteiger partial charge is 0.456 e. The van der Waals surface area contributed by atoms with Crippen LogP contribution in [0.1, 0.15) is 48.6 Å². The highest BCUT2D eigenvalue weighted by Gasteiger charge is 2.49. The van der Waals surface area contributed by atoms with Gasteiger partial charge in [-0.2, -0.15) is 0 Å². The van der Waals surface area contributed by atoms with Gasteiger partial charge in [-0.15, -0.1) is 11.3 Å². The second-order valence-corrected chi connectivity index (χ2v) is 19.5. The quantitative estimate of drug-likeness (QED) is 0.175. The molecule has 1 N–H and O–H groups in total. The van der Waals surface area contributed by atoms with Crippen molar-refractivity contribution in [3.05, 3.63) is 222 Å². The van der Waals surface area contributed by atoms with E-state index in [9.17, 15) is 0 Å². The van der Waals surface area contributed by atoms with E-state index in [4.69, 9.17) is 4.42 Å². The van der Waals surface area contributed by atoms with Gasteiger partial charge in [-0.3, -0.25) is 0 Å². The third-order valence-corrected chi connectivity index (χ3v) is 15.1. The van der Waals surface area contributed by atoms with Gasteiger partial charge in [-0.05, 0) is 86.7 Å². The maximum Gasteiger partial charge on any atom is 0.198 e. The molecule has 0 spiro atoms. The van der Waals surface area contributed by atoms with Gasteiger partial charge < -0.3 is 14.6 Å². The Kier molecular flexibility index (Phi) is 8.05. The van der Waals surface area contributed by atoms with E-state index in [0.29, 0.717) is 0 Å². The van der Waals surface area contributed by atoms with Crippen LogP contribution in [0.15, 0.2) is 199 Å². The standard InChI is InChI=1S/C59H43BN2OS/c1-58(2,3)36-29-31-39(32-30-36)61-47-34-33-41-40-21-11-15-28-51(40)64-57(41)52(47)43-35-50-53(42-22-10-14-27-49(42)63-50)56-54(43)60-46-25-16-24-45-55(46)62(56)48-26-13-12-23-44(48)59(45,37-17-6-4-7-18-37)38-19-8-5-9-20-38/h4-35,60-61H,1-3H3. The highest BCUT2D eigenvalue weighted by atomic mass is 32.1. The van der Waals surface area contributed by atoms with Gasteiger partial charge in [-0.1, -0.05) is 178 Å². The van der Waals surface area contributed by atoms with Crippen molar-refractivity contribution in [2.75, 3.05) is 10.2 Å². The molecule has 0 atom stereocenters. The van der Waals surface area contributed by atoms with Crippen molar-refractivity contribution in [2.45, 2.75) is 31.6 Å². The van der Waals surface area contributed by atoms with E-state index in [0.717, 1.165) is 40.6 Å². The lowest BCUT2D eigenvalue weighted by Gasteiger charge is -2.49. The van der Waals surface area contributed by atoms with E-state index >= 15 is 0 Å². The molecule has 3 nitrogen and oxygen atoms in total. The fourth-order valence-corrected chi connectivity index (χ4v) is 12.3. The molecule has 2 aliphatic heterocycles. The van der Waals surface area contributed by atoms with Gasteiger partial charge in [0.05, 0.1) is 22.2 Å². The Bertz CT molecular complexity index is 3620. The zero-order chi connectivity index (χ0) is 42.7. The maximum atomic E-state index is 7.01. The van der Waals surface area contributed by atoms with Crippen LogP contribution in [0.2, 0.25) is 0 Å². The molecule has 304 valence electrons. The number of nitrogens with one attached hydrogen (secondary N) is 1. The van der Waals surface area contributed by atoms with Crippen molar-refractivity contribution in [3.63, 3.8) is 0 Å². The molecule has 0 fully saturated rings. The fraction of sp³-hybridized carbons (Fsp3) is 0.0847. The van der Waals surface area contributed by atoms with E-state index in [1.54, 1.807) is 0 Å². The normalized spacial score (nSPS) is 13.8. The predicted molar refractivity (Wildman–Crippen MR) is 273 cm³/mol. The number of para-hydroxylation sites is 3. The second kappa shape index (κ2) is 13.8.